The summed E-state index contributed by atoms with van der Waals surface area (Å²) in [5.41, 5.74) is 3.30. The van der Waals surface area contributed by atoms with E-state index < -0.39 is 0 Å². The summed E-state index contributed by atoms with van der Waals surface area (Å²) in [6.07, 6.45) is 0. The Bertz CT molecular complexity index is 916. The molecule has 0 amide bonds. The summed E-state index contributed by atoms with van der Waals surface area (Å²) >= 11 is 7.40. The Labute approximate surface area is 135 Å². The minimum absolute atomic E-state index is 0.542. The van der Waals surface area contributed by atoms with Crippen LogP contribution in [0.25, 0.3) is 21.7 Å². The topological polar surface area (TPSA) is 51.0 Å². The van der Waals surface area contributed by atoms with E-state index in [-0.39, 0.29) is 0 Å². The van der Waals surface area contributed by atoms with Crippen LogP contribution in [0.4, 0.5) is 10.8 Å². The van der Waals surface area contributed by atoms with Crippen molar-refractivity contribution in [3.05, 3.63) is 59.6 Å². The van der Waals surface area contributed by atoms with Crippen molar-refractivity contribution in [2.24, 2.45) is 0 Å². The second-order valence-corrected chi connectivity index (χ2v) is 6.12. The lowest BCUT2D eigenvalue weighted by Gasteiger charge is -2.01. The lowest BCUT2D eigenvalue weighted by atomic mass is 10.2. The number of aromatic nitrogens is 2. The first kappa shape index (κ1) is 13.3. The molecule has 22 heavy (non-hydrogen) atoms. The number of fused-ring (bicyclic) bond motifs is 1. The highest BCUT2D eigenvalue weighted by molar-refractivity contribution is 7.22. The van der Waals surface area contributed by atoms with Gasteiger partial charge in [-0.3, -0.25) is 0 Å². The average molecular weight is 328 g/mol. The van der Waals surface area contributed by atoms with Gasteiger partial charge in [0, 0.05) is 16.3 Å². The SMILES string of the molecule is Clc1ccc(Nc2nc3onc(-c4ccccc4)c3s2)cc1. The molecule has 2 aromatic heterocycles. The number of anilines is 2. The van der Waals surface area contributed by atoms with Crippen molar-refractivity contribution < 1.29 is 4.52 Å². The summed E-state index contributed by atoms with van der Waals surface area (Å²) in [7, 11) is 0. The zero-order chi connectivity index (χ0) is 14.9. The second kappa shape index (κ2) is 5.44. The molecule has 4 rings (SSSR count). The molecule has 2 heterocycles. The van der Waals surface area contributed by atoms with Crippen LogP contribution in [0.1, 0.15) is 0 Å². The van der Waals surface area contributed by atoms with Crippen molar-refractivity contribution in [2.75, 3.05) is 5.32 Å². The summed E-state index contributed by atoms with van der Waals surface area (Å²) in [5, 5.41) is 8.82. The fourth-order valence-corrected chi connectivity index (χ4v) is 3.18. The number of thiazole rings is 1. The minimum atomic E-state index is 0.542. The van der Waals surface area contributed by atoms with Crippen LogP contribution in [0.3, 0.4) is 0 Å². The third-order valence-corrected chi connectivity index (χ3v) is 4.39. The molecule has 1 N–H and O–H groups in total. The molecule has 0 saturated heterocycles. The van der Waals surface area contributed by atoms with Gasteiger partial charge in [-0.1, -0.05) is 58.4 Å². The average Bonchev–Trinajstić information content (AvgIpc) is 3.10. The van der Waals surface area contributed by atoms with Gasteiger partial charge in [0.15, 0.2) is 5.13 Å². The van der Waals surface area contributed by atoms with E-state index in [0.717, 1.165) is 26.8 Å². The molecule has 0 fully saturated rings. The van der Waals surface area contributed by atoms with Gasteiger partial charge in [-0.05, 0) is 24.3 Å². The maximum atomic E-state index is 5.89. The van der Waals surface area contributed by atoms with Gasteiger partial charge < -0.3 is 9.84 Å². The lowest BCUT2D eigenvalue weighted by Crippen LogP contribution is -1.88. The zero-order valence-electron chi connectivity index (χ0n) is 11.3. The van der Waals surface area contributed by atoms with Crippen molar-refractivity contribution in [3.63, 3.8) is 0 Å². The number of halogens is 1. The highest BCUT2D eigenvalue weighted by atomic mass is 35.5. The van der Waals surface area contributed by atoms with Crippen molar-refractivity contribution in [1.82, 2.24) is 10.1 Å². The Morgan fingerprint density at radius 1 is 1.00 bits per heavy atom. The second-order valence-electron chi connectivity index (χ2n) is 4.68. The maximum Gasteiger partial charge on any atom is 0.271 e. The molecule has 0 saturated carbocycles. The van der Waals surface area contributed by atoms with E-state index >= 15 is 0 Å². The summed E-state index contributed by atoms with van der Waals surface area (Å²) in [6, 6.07) is 17.4. The fourth-order valence-electron chi connectivity index (χ4n) is 2.14. The molecule has 4 nitrogen and oxygen atoms in total. The van der Waals surface area contributed by atoms with Crippen molar-refractivity contribution in [1.29, 1.82) is 0 Å². The van der Waals surface area contributed by atoms with E-state index in [0.29, 0.717) is 10.7 Å². The molecule has 6 heteroatoms. The Morgan fingerprint density at radius 2 is 1.77 bits per heavy atom. The maximum absolute atomic E-state index is 5.89. The summed E-state index contributed by atoms with van der Waals surface area (Å²) in [4.78, 5) is 4.42. The van der Waals surface area contributed by atoms with E-state index in [4.69, 9.17) is 16.1 Å². The van der Waals surface area contributed by atoms with Gasteiger partial charge in [0.2, 0.25) is 0 Å². The quantitative estimate of drug-likeness (QED) is 0.551. The smallest absolute Gasteiger partial charge is 0.271 e. The Kier molecular flexibility index (Phi) is 3.29. The first-order chi connectivity index (χ1) is 10.8. The highest BCUT2D eigenvalue weighted by Crippen LogP contribution is 2.35. The zero-order valence-corrected chi connectivity index (χ0v) is 12.9. The van der Waals surface area contributed by atoms with Gasteiger partial charge in [-0.2, -0.15) is 4.98 Å². The molecule has 0 atom stereocenters. The molecule has 0 bridgehead atoms. The number of nitrogens with zero attached hydrogens (tertiary/aromatic N) is 2. The lowest BCUT2D eigenvalue weighted by molar-refractivity contribution is 0.452. The third-order valence-electron chi connectivity index (χ3n) is 3.18. The largest absolute Gasteiger partial charge is 0.334 e. The molecule has 2 aromatic carbocycles. The van der Waals surface area contributed by atoms with Crippen LogP contribution in [0.2, 0.25) is 5.02 Å². The molecule has 0 spiro atoms. The highest BCUT2D eigenvalue weighted by Gasteiger charge is 2.15. The Hall–Kier alpha value is -2.37. The number of rotatable bonds is 3. The molecule has 0 unspecified atom stereocenters. The molecular formula is C16H10ClN3OS. The van der Waals surface area contributed by atoms with E-state index in [2.05, 4.69) is 15.5 Å². The molecule has 0 radical (unpaired) electrons. The van der Waals surface area contributed by atoms with Crippen LogP contribution < -0.4 is 5.32 Å². The van der Waals surface area contributed by atoms with Crippen molar-refractivity contribution in [2.45, 2.75) is 0 Å². The van der Waals surface area contributed by atoms with Gasteiger partial charge >= 0.3 is 0 Å². The van der Waals surface area contributed by atoms with Gasteiger partial charge in [0.05, 0.1) is 0 Å². The summed E-state index contributed by atoms with van der Waals surface area (Å²) in [5.74, 6) is 0. The van der Waals surface area contributed by atoms with Crippen LogP contribution in [0.5, 0.6) is 0 Å². The van der Waals surface area contributed by atoms with Crippen LogP contribution in [-0.2, 0) is 0 Å². The van der Waals surface area contributed by atoms with Crippen LogP contribution in [0.15, 0.2) is 59.1 Å². The third kappa shape index (κ3) is 2.45. The first-order valence-corrected chi connectivity index (χ1v) is 7.83. The van der Waals surface area contributed by atoms with Crippen LogP contribution >= 0.6 is 22.9 Å². The molecule has 0 aliphatic rings. The first-order valence-electron chi connectivity index (χ1n) is 6.64. The Morgan fingerprint density at radius 3 is 2.55 bits per heavy atom. The number of hydrogen-bond donors (Lipinski definition) is 1. The minimum Gasteiger partial charge on any atom is -0.334 e. The normalized spacial score (nSPS) is 11.0. The molecule has 108 valence electrons. The monoisotopic (exact) mass is 327 g/mol. The van der Waals surface area contributed by atoms with Gasteiger partial charge in [0.25, 0.3) is 5.71 Å². The van der Waals surface area contributed by atoms with Crippen LogP contribution in [-0.4, -0.2) is 10.1 Å². The van der Waals surface area contributed by atoms with Gasteiger partial charge in [0.1, 0.15) is 10.4 Å². The van der Waals surface area contributed by atoms with Crippen molar-refractivity contribution in [3.8, 4) is 11.3 Å². The molecule has 0 aliphatic carbocycles. The van der Waals surface area contributed by atoms with E-state index in [1.54, 1.807) is 0 Å². The fraction of sp³-hybridized carbons (Fsp3) is 0. The number of nitrogens with one attached hydrogen (secondary N) is 1. The predicted octanol–water partition coefficient (Wildman–Crippen LogP) is 5.35. The van der Waals surface area contributed by atoms with Crippen molar-refractivity contribution >= 4 is 44.2 Å². The standard InChI is InChI=1S/C16H10ClN3OS/c17-11-6-8-12(9-7-11)18-16-19-15-14(22-16)13(20-21-15)10-4-2-1-3-5-10/h1-9H,(H,18,19). The summed E-state index contributed by atoms with van der Waals surface area (Å²) in [6.45, 7) is 0. The van der Waals surface area contributed by atoms with Gasteiger partial charge in [-0.25, -0.2) is 0 Å². The number of hydrogen-bond acceptors (Lipinski definition) is 5. The molecule has 4 aromatic rings. The molecule has 0 aliphatic heterocycles. The number of benzene rings is 2. The molecular weight excluding hydrogens is 318 g/mol. The van der Waals surface area contributed by atoms with Crippen LogP contribution in [0, 0.1) is 0 Å². The summed E-state index contributed by atoms with van der Waals surface area (Å²) < 4.78 is 6.26. The van der Waals surface area contributed by atoms with E-state index in [9.17, 15) is 0 Å². The van der Waals surface area contributed by atoms with E-state index in [1.807, 2.05) is 54.6 Å². The Balaban J connectivity index is 1.70. The predicted molar refractivity (Wildman–Crippen MR) is 89.9 cm³/mol. The van der Waals surface area contributed by atoms with Gasteiger partial charge in [-0.15, -0.1) is 0 Å². The van der Waals surface area contributed by atoms with E-state index in [1.165, 1.54) is 11.3 Å².